The number of amides is 1. The molecule has 2 aliphatic rings. The summed E-state index contributed by atoms with van der Waals surface area (Å²) in [5.41, 5.74) is 1.19. The highest BCUT2D eigenvalue weighted by atomic mass is 19.1. The van der Waals surface area contributed by atoms with Crippen molar-refractivity contribution in [3.8, 4) is 0 Å². The number of piperidine rings is 2. The van der Waals surface area contributed by atoms with Crippen molar-refractivity contribution in [1.82, 2.24) is 14.7 Å². The van der Waals surface area contributed by atoms with Crippen LogP contribution in [0.5, 0.6) is 0 Å². The molecule has 0 unspecified atom stereocenters. The maximum absolute atomic E-state index is 13.0. The minimum atomic E-state index is -0.169. The molecule has 27 heavy (non-hydrogen) atoms. The quantitative estimate of drug-likeness (QED) is 0.765. The highest BCUT2D eigenvalue weighted by Crippen LogP contribution is 2.21. The fourth-order valence-corrected chi connectivity index (χ4v) is 4.45. The molecule has 1 amide bonds. The number of hydrogen-bond acceptors (Lipinski definition) is 3. The van der Waals surface area contributed by atoms with Crippen LogP contribution in [0.15, 0.2) is 24.3 Å². The lowest BCUT2D eigenvalue weighted by molar-refractivity contribution is -0.137. The summed E-state index contributed by atoms with van der Waals surface area (Å²) in [7, 11) is 4.06. The van der Waals surface area contributed by atoms with Crippen LogP contribution in [0.25, 0.3) is 0 Å². The molecule has 4 nitrogen and oxygen atoms in total. The van der Waals surface area contributed by atoms with Crippen molar-refractivity contribution in [2.45, 2.75) is 44.6 Å². The smallest absolute Gasteiger partial charge is 0.239 e. The van der Waals surface area contributed by atoms with Crippen molar-refractivity contribution in [2.24, 2.45) is 5.92 Å². The molecule has 2 fully saturated rings. The van der Waals surface area contributed by atoms with E-state index in [0.717, 1.165) is 58.4 Å². The predicted octanol–water partition coefficient (Wildman–Crippen LogP) is 3.02. The van der Waals surface area contributed by atoms with Gasteiger partial charge in [-0.1, -0.05) is 18.6 Å². The first kappa shape index (κ1) is 20.3. The van der Waals surface area contributed by atoms with E-state index in [0.29, 0.717) is 11.8 Å². The van der Waals surface area contributed by atoms with Crippen molar-refractivity contribution in [3.05, 3.63) is 35.6 Å². The number of benzene rings is 1. The van der Waals surface area contributed by atoms with Crippen LogP contribution in [-0.2, 0) is 11.2 Å². The lowest BCUT2D eigenvalue weighted by Crippen LogP contribution is -2.49. The van der Waals surface area contributed by atoms with E-state index in [4.69, 9.17) is 0 Å². The second kappa shape index (κ2) is 9.65. The molecule has 0 aliphatic carbocycles. The summed E-state index contributed by atoms with van der Waals surface area (Å²) in [6.45, 7) is 5.14. The summed E-state index contributed by atoms with van der Waals surface area (Å²) in [6, 6.07) is 6.92. The molecule has 0 bridgehead atoms. The number of carbonyl (C=O) groups excluding carboxylic acids is 1. The van der Waals surface area contributed by atoms with Gasteiger partial charge < -0.3 is 9.80 Å². The van der Waals surface area contributed by atoms with Gasteiger partial charge in [-0.2, -0.15) is 0 Å². The normalized spacial score (nSPS) is 22.7. The Morgan fingerprint density at radius 1 is 1.11 bits per heavy atom. The largest absolute Gasteiger partial charge is 0.344 e. The number of nitrogens with zero attached hydrogens (tertiary/aromatic N) is 3. The van der Waals surface area contributed by atoms with Crippen molar-refractivity contribution < 1.29 is 9.18 Å². The molecule has 0 saturated carbocycles. The van der Waals surface area contributed by atoms with Crippen LogP contribution >= 0.6 is 0 Å². The van der Waals surface area contributed by atoms with Gasteiger partial charge >= 0.3 is 0 Å². The second-order valence-corrected chi connectivity index (χ2v) is 8.37. The molecule has 3 rings (SSSR count). The molecule has 0 spiro atoms. The maximum Gasteiger partial charge on any atom is 0.239 e. The molecular formula is C22H34FN3O. The zero-order valence-electron chi connectivity index (χ0n) is 16.9. The molecule has 1 aromatic rings. The zero-order chi connectivity index (χ0) is 19.2. The molecule has 0 radical (unpaired) electrons. The van der Waals surface area contributed by atoms with Crippen LogP contribution in [0.2, 0.25) is 0 Å². The van der Waals surface area contributed by atoms with Gasteiger partial charge in [0.1, 0.15) is 5.82 Å². The molecule has 1 aromatic carbocycles. The number of likely N-dealkylation sites (tertiary alicyclic amines) is 2. The lowest BCUT2D eigenvalue weighted by Gasteiger charge is -2.37. The van der Waals surface area contributed by atoms with Crippen LogP contribution in [0.1, 0.15) is 37.7 Å². The third kappa shape index (κ3) is 5.76. The van der Waals surface area contributed by atoms with E-state index >= 15 is 0 Å². The predicted molar refractivity (Wildman–Crippen MR) is 107 cm³/mol. The lowest BCUT2D eigenvalue weighted by atomic mass is 9.95. The highest BCUT2D eigenvalue weighted by Gasteiger charge is 2.30. The summed E-state index contributed by atoms with van der Waals surface area (Å²) in [5.74, 6) is 0.739. The molecule has 0 N–H and O–H groups in total. The van der Waals surface area contributed by atoms with E-state index in [1.165, 1.54) is 30.5 Å². The number of likely N-dealkylation sites (N-methyl/N-ethyl adjacent to an activating group) is 2. The average Bonchev–Trinajstić information content (AvgIpc) is 2.68. The summed E-state index contributed by atoms with van der Waals surface area (Å²) in [5, 5.41) is 0. The van der Waals surface area contributed by atoms with Crippen LogP contribution in [0, 0.1) is 11.7 Å². The molecule has 1 atom stereocenters. The minimum absolute atomic E-state index is 0.0829. The minimum Gasteiger partial charge on any atom is -0.344 e. The molecule has 5 heteroatoms. The Morgan fingerprint density at radius 2 is 1.81 bits per heavy atom. The molecule has 2 heterocycles. The van der Waals surface area contributed by atoms with Crippen molar-refractivity contribution in [2.75, 3.05) is 46.8 Å². The third-order valence-electron chi connectivity index (χ3n) is 6.30. The monoisotopic (exact) mass is 375 g/mol. The Kier molecular flexibility index (Phi) is 7.25. The van der Waals surface area contributed by atoms with Crippen LogP contribution in [0.4, 0.5) is 4.39 Å². The topological polar surface area (TPSA) is 26.8 Å². The Bertz CT molecular complexity index is 598. The SMILES string of the molecule is CN(CC1CCN(CCc2ccc(F)cc2)CC1)C(=O)[C@@H]1CCCCN1C. The number of hydrogen-bond donors (Lipinski definition) is 0. The van der Waals surface area contributed by atoms with Gasteiger partial charge in [0, 0.05) is 20.1 Å². The van der Waals surface area contributed by atoms with Crippen molar-refractivity contribution >= 4 is 5.91 Å². The first-order valence-electron chi connectivity index (χ1n) is 10.4. The second-order valence-electron chi connectivity index (χ2n) is 8.37. The standard InChI is InChI=1S/C22H34FN3O/c1-24-13-4-3-5-21(24)22(27)25(2)17-19-11-15-26(16-12-19)14-10-18-6-8-20(23)9-7-18/h6-9,19,21H,3-5,10-17H2,1-2H3/t21-/m0/s1. The van der Waals surface area contributed by atoms with Gasteiger partial charge in [-0.25, -0.2) is 4.39 Å². The average molecular weight is 376 g/mol. The van der Waals surface area contributed by atoms with Crippen molar-refractivity contribution in [3.63, 3.8) is 0 Å². The van der Waals surface area contributed by atoms with Gasteiger partial charge in [-0.15, -0.1) is 0 Å². The van der Waals surface area contributed by atoms with Gasteiger partial charge in [0.05, 0.1) is 6.04 Å². The Hall–Kier alpha value is -1.46. The van der Waals surface area contributed by atoms with Gasteiger partial charge in [0.2, 0.25) is 5.91 Å². The van der Waals surface area contributed by atoms with Gasteiger partial charge in [-0.05, 0) is 82.4 Å². The number of carbonyl (C=O) groups is 1. The number of halogens is 1. The zero-order valence-corrected chi connectivity index (χ0v) is 16.9. The third-order valence-corrected chi connectivity index (χ3v) is 6.30. The fourth-order valence-electron chi connectivity index (χ4n) is 4.45. The van der Waals surface area contributed by atoms with E-state index in [1.807, 2.05) is 24.1 Å². The Balaban J connectivity index is 1.38. The summed E-state index contributed by atoms with van der Waals surface area (Å²) in [6.07, 6.45) is 6.66. The Labute approximate surface area is 163 Å². The van der Waals surface area contributed by atoms with Crippen LogP contribution < -0.4 is 0 Å². The van der Waals surface area contributed by atoms with E-state index < -0.39 is 0 Å². The van der Waals surface area contributed by atoms with Crippen LogP contribution in [-0.4, -0.2) is 73.5 Å². The maximum atomic E-state index is 13.0. The fraction of sp³-hybridized carbons (Fsp3) is 0.682. The molecule has 2 aliphatic heterocycles. The molecule has 0 aromatic heterocycles. The van der Waals surface area contributed by atoms with Gasteiger partial charge in [-0.3, -0.25) is 9.69 Å². The summed E-state index contributed by atoms with van der Waals surface area (Å²) < 4.78 is 13.0. The van der Waals surface area contributed by atoms with E-state index in [9.17, 15) is 9.18 Å². The first-order chi connectivity index (χ1) is 13.0. The van der Waals surface area contributed by atoms with Crippen LogP contribution in [0.3, 0.4) is 0 Å². The first-order valence-corrected chi connectivity index (χ1v) is 10.4. The molecule has 150 valence electrons. The highest BCUT2D eigenvalue weighted by molar-refractivity contribution is 5.81. The van der Waals surface area contributed by atoms with E-state index in [2.05, 4.69) is 16.8 Å². The molecular weight excluding hydrogens is 341 g/mol. The van der Waals surface area contributed by atoms with Gasteiger partial charge in [0.15, 0.2) is 0 Å². The summed E-state index contributed by atoms with van der Waals surface area (Å²) >= 11 is 0. The van der Waals surface area contributed by atoms with E-state index in [1.54, 1.807) is 0 Å². The van der Waals surface area contributed by atoms with E-state index in [-0.39, 0.29) is 11.9 Å². The molecule has 2 saturated heterocycles. The Morgan fingerprint density at radius 3 is 2.48 bits per heavy atom. The van der Waals surface area contributed by atoms with Crippen molar-refractivity contribution in [1.29, 1.82) is 0 Å². The van der Waals surface area contributed by atoms with Gasteiger partial charge in [0.25, 0.3) is 0 Å². The number of rotatable bonds is 6. The summed E-state index contributed by atoms with van der Waals surface area (Å²) in [4.78, 5) is 19.5.